The molecule has 1 aromatic heterocycles. The molecule has 1 atom stereocenters. The van der Waals surface area contributed by atoms with Gasteiger partial charge in [0.1, 0.15) is 0 Å². The van der Waals surface area contributed by atoms with Gasteiger partial charge in [0.2, 0.25) is 5.91 Å². The van der Waals surface area contributed by atoms with Crippen molar-refractivity contribution < 1.29 is 9.59 Å². The molecule has 1 aromatic rings. The molecule has 0 aliphatic rings. The van der Waals surface area contributed by atoms with Crippen LogP contribution < -0.4 is 5.32 Å². The summed E-state index contributed by atoms with van der Waals surface area (Å²) in [6.45, 7) is 11.2. The standard InChI is InChI=1S/C14H22N2O2S/c1-8-11(19-10(3)15-8)7-12(18)16-13(9(2)17)14(4,5)6/h13H,7H2,1-6H3,(H,16,18). The maximum atomic E-state index is 12.1. The van der Waals surface area contributed by atoms with E-state index < -0.39 is 6.04 Å². The summed E-state index contributed by atoms with van der Waals surface area (Å²) >= 11 is 1.53. The highest BCUT2D eigenvalue weighted by molar-refractivity contribution is 7.11. The third-order valence-corrected chi connectivity index (χ3v) is 3.97. The van der Waals surface area contributed by atoms with Crippen molar-refractivity contribution in [2.24, 2.45) is 5.41 Å². The van der Waals surface area contributed by atoms with E-state index in [1.807, 2.05) is 34.6 Å². The van der Waals surface area contributed by atoms with Gasteiger partial charge in [-0.3, -0.25) is 9.59 Å². The van der Waals surface area contributed by atoms with Crippen molar-refractivity contribution in [1.82, 2.24) is 10.3 Å². The molecule has 0 bridgehead atoms. The Morgan fingerprint density at radius 1 is 1.32 bits per heavy atom. The van der Waals surface area contributed by atoms with E-state index in [9.17, 15) is 9.59 Å². The molecule has 1 heterocycles. The highest BCUT2D eigenvalue weighted by Gasteiger charge is 2.30. The number of carbonyl (C=O) groups is 2. The van der Waals surface area contributed by atoms with Crippen molar-refractivity contribution >= 4 is 23.0 Å². The van der Waals surface area contributed by atoms with Crippen LogP contribution in [0.25, 0.3) is 0 Å². The number of hydrogen-bond acceptors (Lipinski definition) is 4. The number of Topliss-reactive ketones (excluding diaryl/α,β-unsaturated/α-hetero) is 1. The molecule has 1 amide bonds. The fourth-order valence-corrected chi connectivity index (χ4v) is 2.96. The molecule has 0 saturated heterocycles. The lowest BCUT2D eigenvalue weighted by atomic mass is 9.84. The van der Waals surface area contributed by atoms with Gasteiger partial charge in [0.25, 0.3) is 0 Å². The van der Waals surface area contributed by atoms with Gasteiger partial charge in [-0.2, -0.15) is 0 Å². The second kappa shape index (κ2) is 5.82. The Morgan fingerprint density at radius 2 is 1.89 bits per heavy atom. The molecule has 0 aliphatic carbocycles. The Labute approximate surface area is 118 Å². The summed E-state index contributed by atoms with van der Waals surface area (Å²) in [7, 11) is 0. The monoisotopic (exact) mass is 282 g/mol. The highest BCUT2D eigenvalue weighted by atomic mass is 32.1. The molecule has 1 unspecified atom stereocenters. The Hall–Kier alpha value is -1.23. The minimum absolute atomic E-state index is 0.0157. The van der Waals surface area contributed by atoms with Gasteiger partial charge >= 0.3 is 0 Å². The van der Waals surface area contributed by atoms with Crippen molar-refractivity contribution in [2.75, 3.05) is 0 Å². The van der Waals surface area contributed by atoms with Gasteiger partial charge in [0.15, 0.2) is 5.78 Å². The molecule has 106 valence electrons. The van der Waals surface area contributed by atoms with Crippen LogP contribution in [0.3, 0.4) is 0 Å². The van der Waals surface area contributed by atoms with Gasteiger partial charge in [0.05, 0.1) is 23.2 Å². The fraction of sp³-hybridized carbons (Fsp3) is 0.643. The zero-order valence-corrected chi connectivity index (χ0v) is 13.3. The van der Waals surface area contributed by atoms with Gasteiger partial charge in [-0.25, -0.2) is 4.98 Å². The first kappa shape index (κ1) is 15.8. The number of nitrogens with one attached hydrogen (secondary N) is 1. The average molecular weight is 282 g/mol. The van der Waals surface area contributed by atoms with E-state index in [1.165, 1.54) is 18.3 Å². The molecular weight excluding hydrogens is 260 g/mol. The first-order chi connectivity index (χ1) is 8.61. The lowest BCUT2D eigenvalue weighted by Gasteiger charge is -2.29. The predicted molar refractivity (Wildman–Crippen MR) is 77.4 cm³/mol. The van der Waals surface area contributed by atoms with Gasteiger partial charge in [-0.15, -0.1) is 11.3 Å². The number of hydrogen-bond donors (Lipinski definition) is 1. The zero-order chi connectivity index (χ0) is 14.8. The molecule has 0 saturated carbocycles. The second-order valence-electron chi connectivity index (χ2n) is 5.90. The van der Waals surface area contributed by atoms with Crippen molar-refractivity contribution in [3.8, 4) is 0 Å². The molecule has 0 radical (unpaired) electrons. The van der Waals surface area contributed by atoms with Crippen molar-refractivity contribution in [3.63, 3.8) is 0 Å². The van der Waals surface area contributed by atoms with Crippen molar-refractivity contribution in [2.45, 2.75) is 54.0 Å². The summed E-state index contributed by atoms with van der Waals surface area (Å²) in [4.78, 5) is 28.9. The predicted octanol–water partition coefficient (Wildman–Crippen LogP) is 2.42. The fourth-order valence-electron chi connectivity index (χ4n) is 2.02. The number of aryl methyl sites for hydroxylation is 2. The molecule has 1 rings (SSSR count). The largest absolute Gasteiger partial charge is 0.345 e. The van der Waals surface area contributed by atoms with Crippen molar-refractivity contribution in [1.29, 1.82) is 0 Å². The van der Waals surface area contributed by atoms with E-state index in [0.29, 0.717) is 0 Å². The molecule has 1 N–H and O–H groups in total. The van der Waals surface area contributed by atoms with E-state index in [0.717, 1.165) is 15.6 Å². The molecule has 0 aromatic carbocycles. The number of amides is 1. The van der Waals surface area contributed by atoms with Gasteiger partial charge in [-0.05, 0) is 26.2 Å². The van der Waals surface area contributed by atoms with Gasteiger partial charge in [0, 0.05) is 4.88 Å². The van der Waals surface area contributed by atoms with E-state index in [-0.39, 0.29) is 23.5 Å². The summed E-state index contributed by atoms with van der Waals surface area (Å²) in [5, 5.41) is 3.79. The lowest BCUT2D eigenvalue weighted by Crippen LogP contribution is -2.48. The zero-order valence-electron chi connectivity index (χ0n) is 12.5. The smallest absolute Gasteiger partial charge is 0.225 e. The molecule has 0 fully saturated rings. The quantitative estimate of drug-likeness (QED) is 0.922. The van der Waals surface area contributed by atoms with Crippen LogP contribution >= 0.6 is 11.3 Å². The van der Waals surface area contributed by atoms with Crippen LogP contribution in [0.1, 0.15) is 43.3 Å². The van der Waals surface area contributed by atoms with Crippen LogP contribution in [0.2, 0.25) is 0 Å². The molecule has 5 heteroatoms. The second-order valence-corrected chi connectivity index (χ2v) is 7.18. The third kappa shape index (κ3) is 4.42. The van der Waals surface area contributed by atoms with Gasteiger partial charge in [-0.1, -0.05) is 20.8 Å². The first-order valence-electron chi connectivity index (χ1n) is 6.34. The third-order valence-electron chi connectivity index (χ3n) is 2.90. The van der Waals surface area contributed by atoms with Gasteiger partial charge < -0.3 is 5.32 Å². The Morgan fingerprint density at radius 3 is 2.26 bits per heavy atom. The maximum absolute atomic E-state index is 12.1. The number of nitrogens with zero attached hydrogens (tertiary/aromatic N) is 1. The average Bonchev–Trinajstić information content (AvgIpc) is 2.52. The lowest BCUT2D eigenvalue weighted by molar-refractivity contribution is -0.128. The number of aromatic nitrogens is 1. The maximum Gasteiger partial charge on any atom is 0.225 e. The van der Waals surface area contributed by atoms with E-state index >= 15 is 0 Å². The highest BCUT2D eigenvalue weighted by Crippen LogP contribution is 2.21. The molecule has 0 spiro atoms. The normalized spacial score (nSPS) is 13.2. The minimum atomic E-state index is -0.450. The summed E-state index contributed by atoms with van der Waals surface area (Å²) in [6.07, 6.45) is 0.289. The SMILES string of the molecule is CC(=O)C(NC(=O)Cc1sc(C)nc1C)C(C)(C)C. The Balaban J connectivity index is 2.74. The number of thiazole rings is 1. The summed E-state index contributed by atoms with van der Waals surface area (Å²) in [5.74, 6) is -0.139. The van der Waals surface area contributed by atoms with Crippen LogP contribution in [0.4, 0.5) is 0 Å². The molecule has 0 aliphatic heterocycles. The molecule has 19 heavy (non-hydrogen) atoms. The number of ketones is 1. The van der Waals surface area contributed by atoms with E-state index in [2.05, 4.69) is 10.3 Å². The van der Waals surface area contributed by atoms with E-state index in [4.69, 9.17) is 0 Å². The molecule has 4 nitrogen and oxygen atoms in total. The summed E-state index contributed by atoms with van der Waals surface area (Å²) in [6, 6.07) is -0.450. The summed E-state index contributed by atoms with van der Waals surface area (Å²) in [5.41, 5.74) is 0.618. The number of carbonyl (C=O) groups excluding carboxylic acids is 2. The Bertz CT molecular complexity index is 486. The van der Waals surface area contributed by atoms with Crippen LogP contribution in [0.15, 0.2) is 0 Å². The topological polar surface area (TPSA) is 59.1 Å². The Kier molecular flexibility index (Phi) is 4.85. The van der Waals surface area contributed by atoms with E-state index in [1.54, 1.807) is 0 Å². The van der Waals surface area contributed by atoms with Crippen LogP contribution in [0.5, 0.6) is 0 Å². The summed E-state index contributed by atoms with van der Waals surface area (Å²) < 4.78 is 0. The van der Waals surface area contributed by atoms with Crippen LogP contribution in [-0.4, -0.2) is 22.7 Å². The van der Waals surface area contributed by atoms with Crippen molar-refractivity contribution in [3.05, 3.63) is 15.6 Å². The number of rotatable bonds is 4. The van der Waals surface area contributed by atoms with Crippen LogP contribution in [-0.2, 0) is 16.0 Å². The van der Waals surface area contributed by atoms with Crippen LogP contribution in [0, 0.1) is 19.3 Å². The molecular formula is C14H22N2O2S. The minimum Gasteiger partial charge on any atom is -0.345 e. The first-order valence-corrected chi connectivity index (χ1v) is 7.15.